The Kier molecular flexibility index (Phi) is 8.26. The maximum Gasteiger partial charge on any atom is 0.257 e. The van der Waals surface area contributed by atoms with Crippen molar-refractivity contribution in [3.05, 3.63) is 59.4 Å². The maximum absolute atomic E-state index is 13.9. The van der Waals surface area contributed by atoms with Crippen LogP contribution in [0.25, 0.3) is 0 Å². The topological polar surface area (TPSA) is 71.1 Å². The number of nitrogens with one attached hydrogen (secondary N) is 1. The highest BCUT2D eigenvalue weighted by atomic mass is 19.1. The summed E-state index contributed by atoms with van der Waals surface area (Å²) in [4.78, 5) is 29.5. The Morgan fingerprint density at radius 3 is 2.64 bits per heavy atom. The lowest BCUT2D eigenvalue weighted by Crippen LogP contribution is -2.46. The minimum Gasteiger partial charge on any atom is -0.491 e. The summed E-state index contributed by atoms with van der Waals surface area (Å²) in [6, 6.07) is 11.8. The molecule has 1 saturated carbocycles. The zero-order valence-electron chi connectivity index (χ0n) is 21.5. The van der Waals surface area contributed by atoms with Gasteiger partial charge in [0.1, 0.15) is 18.2 Å². The number of likely N-dealkylation sites (N-methyl/N-ethyl adjacent to an activating group) is 1. The maximum atomic E-state index is 13.9. The van der Waals surface area contributed by atoms with E-state index in [0.29, 0.717) is 43.2 Å². The molecule has 194 valence electrons. The Morgan fingerprint density at radius 1 is 1.17 bits per heavy atom. The molecule has 0 unspecified atom stereocenters. The molecular weight excluding hydrogens is 461 g/mol. The van der Waals surface area contributed by atoms with Crippen molar-refractivity contribution < 1.29 is 23.5 Å². The molecule has 36 heavy (non-hydrogen) atoms. The molecule has 2 aromatic rings. The number of carbonyl (C=O) groups excluding carboxylic acids is 2. The zero-order chi connectivity index (χ0) is 25.8. The molecule has 0 bridgehead atoms. The number of amides is 2. The van der Waals surface area contributed by atoms with Gasteiger partial charge in [-0.2, -0.15) is 0 Å². The van der Waals surface area contributed by atoms with Crippen molar-refractivity contribution in [2.24, 2.45) is 11.8 Å². The molecule has 0 saturated heterocycles. The van der Waals surface area contributed by atoms with Gasteiger partial charge in [-0.3, -0.25) is 14.5 Å². The fourth-order valence-electron chi connectivity index (χ4n) is 4.60. The largest absolute Gasteiger partial charge is 0.491 e. The van der Waals surface area contributed by atoms with E-state index < -0.39 is 0 Å². The van der Waals surface area contributed by atoms with Crippen LogP contribution in [0.2, 0.25) is 0 Å². The summed E-state index contributed by atoms with van der Waals surface area (Å²) in [7, 11) is 3.42. The van der Waals surface area contributed by atoms with Crippen molar-refractivity contribution in [1.29, 1.82) is 0 Å². The molecule has 0 radical (unpaired) electrons. The first-order chi connectivity index (χ1) is 17.2. The molecule has 4 rings (SSSR count). The van der Waals surface area contributed by atoms with Crippen LogP contribution < -0.4 is 10.1 Å². The molecule has 1 N–H and O–H groups in total. The number of fused-ring (bicyclic) bond motifs is 1. The normalized spacial score (nSPS) is 23.8. The van der Waals surface area contributed by atoms with Crippen molar-refractivity contribution in [2.45, 2.75) is 45.4 Å². The molecule has 1 heterocycles. The number of hydrogen-bond donors (Lipinski definition) is 1. The van der Waals surface area contributed by atoms with Crippen LogP contribution in [0.15, 0.2) is 42.5 Å². The molecule has 2 aromatic carbocycles. The molecule has 2 amide bonds. The summed E-state index contributed by atoms with van der Waals surface area (Å²) in [5.74, 6) is 0.190. The van der Waals surface area contributed by atoms with E-state index in [1.165, 1.54) is 6.07 Å². The third-order valence-corrected chi connectivity index (χ3v) is 7.07. The van der Waals surface area contributed by atoms with Crippen molar-refractivity contribution in [1.82, 2.24) is 9.80 Å². The van der Waals surface area contributed by atoms with Gasteiger partial charge in [-0.1, -0.05) is 19.1 Å². The molecule has 0 aromatic heterocycles. The lowest BCUT2D eigenvalue weighted by Gasteiger charge is -2.36. The van der Waals surface area contributed by atoms with E-state index in [1.807, 2.05) is 6.07 Å². The van der Waals surface area contributed by atoms with Crippen LogP contribution >= 0.6 is 0 Å². The second kappa shape index (κ2) is 11.4. The van der Waals surface area contributed by atoms with Gasteiger partial charge in [-0.05, 0) is 55.5 Å². The first-order valence-corrected chi connectivity index (χ1v) is 12.6. The van der Waals surface area contributed by atoms with Crippen LogP contribution in [0, 0.1) is 17.7 Å². The average molecular weight is 498 g/mol. The van der Waals surface area contributed by atoms with Crippen molar-refractivity contribution in [3.63, 3.8) is 0 Å². The number of hydrogen-bond acceptors (Lipinski definition) is 5. The fourth-order valence-corrected chi connectivity index (χ4v) is 4.60. The van der Waals surface area contributed by atoms with Gasteiger partial charge in [0.15, 0.2) is 0 Å². The SMILES string of the molecule is CO[C@@H]1CN(C)C(=O)c2ccc(NC(=O)C3CC3)cc2OC[C@@H](C)N(Cc2cccc(F)c2)C[C@@H]1C. The standard InChI is InChI=1S/C28H36FN3O4/c1-18-14-32(15-20-6-5-7-22(29)12-20)19(2)17-36-25-13-23(30-27(33)21-8-9-21)10-11-24(25)28(34)31(3)16-26(18)35-4/h5-7,10-13,18-19,21,26H,8-9,14-17H2,1-4H3,(H,30,33)/t18-,19+,26+/m0/s1. The third-order valence-electron chi connectivity index (χ3n) is 7.07. The zero-order valence-corrected chi connectivity index (χ0v) is 21.5. The molecule has 3 atom stereocenters. The Bertz CT molecular complexity index is 1090. The second-order valence-electron chi connectivity index (χ2n) is 10.1. The Morgan fingerprint density at radius 2 is 1.94 bits per heavy atom. The van der Waals surface area contributed by atoms with E-state index in [2.05, 4.69) is 24.1 Å². The highest BCUT2D eigenvalue weighted by Crippen LogP contribution is 2.32. The summed E-state index contributed by atoms with van der Waals surface area (Å²) < 4.78 is 25.9. The lowest BCUT2D eigenvalue weighted by atomic mass is 10.0. The number of benzene rings is 2. The molecule has 2 aliphatic rings. The predicted molar refractivity (Wildman–Crippen MR) is 136 cm³/mol. The first-order valence-electron chi connectivity index (χ1n) is 12.6. The number of halogens is 1. The van der Waals surface area contributed by atoms with Gasteiger partial charge >= 0.3 is 0 Å². The van der Waals surface area contributed by atoms with Gasteiger partial charge in [-0.25, -0.2) is 4.39 Å². The van der Waals surface area contributed by atoms with Gasteiger partial charge < -0.3 is 19.7 Å². The number of ether oxygens (including phenoxy) is 2. The number of rotatable bonds is 5. The smallest absolute Gasteiger partial charge is 0.257 e. The number of methoxy groups -OCH3 is 1. The van der Waals surface area contributed by atoms with Crippen LogP contribution in [0.4, 0.5) is 10.1 Å². The third kappa shape index (κ3) is 6.42. The highest BCUT2D eigenvalue weighted by Gasteiger charge is 2.31. The molecular formula is C28H36FN3O4. The number of carbonyl (C=O) groups is 2. The van der Waals surface area contributed by atoms with E-state index in [4.69, 9.17) is 9.47 Å². The van der Waals surface area contributed by atoms with Gasteiger partial charge in [0, 0.05) is 57.5 Å². The summed E-state index contributed by atoms with van der Waals surface area (Å²) >= 11 is 0. The first kappa shape index (κ1) is 26.1. The number of nitrogens with zero attached hydrogens (tertiary/aromatic N) is 2. The van der Waals surface area contributed by atoms with Crippen LogP contribution in [-0.4, -0.2) is 67.6 Å². The molecule has 1 aliphatic carbocycles. The molecule has 0 spiro atoms. The van der Waals surface area contributed by atoms with Crippen LogP contribution in [0.1, 0.15) is 42.6 Å². The van der Waals surface area contributed by atoms with E-state index >= 15 is 0 Å². The molecule has 7 nitrogen and oxygen atoms in total. The van der Waals surface area contributed by atoms with Gasteiger partial charge in [-0.15, -0.1) is 0 Å². The Hall–Kier alpha value is -2.97. The monoisotopic (exact) mass is 497 g/mol. The van der Waals surface area contributed by atoms with E-state index in [-0.39, 0.29) is 41.6 Å². The van der Waals surface area contributed by atoms with E-state index in [0.717, 1.165) is 18.4 Å². The minimum absolute atomic E-state index is 0.00175. The van der Waals surface area contributed by atoms with Crippen LogP contribution in [-0.2, 0) is 16.1 Å². The second-order valence-corrected chi connectivity index (χ2v) is 10.1. The summed E-state index contributed by atoms with van der Waals surface area (Å²) in [5, 5.41) is 2.94. The highest BCUT2D eigenvalue weighted by molar-refractivity contribution is 5.99. The summed E-state index contributed by atoms with van der Waals surface area (Å²) in [6.07, 6.45) is 1.64. The van der Waals surface area contributed by atoms with Gasteiger partial charge in [0.05, 0.1) is 11.7 Å². The van der Waals surface area contributed by atoms with Crippen molar-refractivity contribution >= 4 is 17.5 Å². The Balaban J connectivity index is 1.62. The van der Waals surface area contributed by atoms with Crippen molar-refractivity contribution in [3.8, 4) is 5.75 Å². The lowest BCUT2D eigenvalue weighted by molar-refractivity contribution is -0.117. The van der Waals surface area contributed by atoms with Crippen molar-refractivity contribution in [2.75, 3.05) is 39.2 Å². The van der Waals surface area contributed by atoms with Crippen LogP contribution in [0.5, 0.6) is 5.75 Å². The van der Waals surface area contributed by atoms with Gasteiger partial charge in [0.25, 0.3) is 5.91 Å². The molecule has 1 aliphatic heterocycles. The molecule has 1 fully saturated rings. The van der Waals surface area contributed by atoms with Crippen LogP contribution in [0.3, 0.4) is 0 Å². The fraction of sp³-hybridized carbons (Fsp3) is 0.500. The summed E-state index contributed by atoms with van der Waals surface area (Å²) in [6.45, 7) is 6.15. The van der Waals surface area contributed by atoms with Gasteiger partial charge in [0.2, 0.25) is 5.91 Å². The Labute approximate surface area is 212 Å². The summed E-state index contributed by atoms with van der Waals surface area (Å²) in [5.41, 5.74) is 1.93. The predicted octanol–water partition coefficient (Wildman–Crippen LogP) is 4.18. The molecule has 8 heteroatoms. The minimum atomic E-state index is -0.261. The van der Waals surface area contributed by atoms with E-state index in [9.17, 15) is 14.0 Å². The number of anilines is 1. The quantitative estimate of drug-likeness (QED) is 0.671. The average Bonchev–Trinajstić information content (AvgIpc) is 3.70. The van der Waals surface area contributed by atoms with E-state index in [1.54, 1.807) is 49.4 Å².